The van der Waals surface area contributed by atoms with E-state index in [1.165, 1.54) is 6.42 Å². The molecule has 1 unspecified atom stereocenters. The predicted molar refractivity (Wildman–Crippen MR) is 71.1 cm³/mol. The zero-order chi connectivity index (χ0) is 13.2. The molecule has 1 saturated heterocycles. The summed E-state index contributed by atoms with van der Waals surface area (Å²) in [5.74, 6) is 0.895. The van der Waals surface area contributed by atoms with Crippen LogP contribution in [0.2, 0.25) is 0 Å². The van der Waals surface area contributed by atoms with Gasteiger partial charge in [-0.3, -0.25) is 9.89 Å². The van der Waals surface area contributed by atoms with Crippen molar-refractivity contribution in [3.63, 3.8) is 0 Å². The van der Waals surface area contributed by atoms with Crippen LogP contribution in [0.1, 0.15) is 39.2 Å². The maximum Gasteiger partial charge on any atom is 0.227 e. The molecule has 1 atom stereocenters. The molecule has 1 aliphatic rings. The first kappa shape index (κ1) is 13.1. The summed E-state index contributed by atoms with van der Waals surface area (Å²) < 4.78 is 0. The van der Waals surface area contributed by atoms with Gasteiger partial charge < -0.3 is 4.90 Å². The molecule has 1 fully saturated rings. The van der Waals surface area contributed by atoms with Gasteiger partial charge >= 0.3 is 0 Å². The summed E-state index contributed by atoms with van der Waals surface area (Å²) >= 11 is 0. The van der Waals surface area contributed by atoms with E-state index >= 15 is 0 Å². The van der Waals surface area contributed by atoms with Crippen LogP contribution in [-0.2, 0) is 11.2 Å². The highest BCUT2D eigenvalue weighted by molar-refractivity contribution is 5.78. The third-order valence-electron chi connectivity index (χ3n) is 3.45. The second kappa shape index (κ2) is 5.12. The highest BCUT2D eigenvalue weighted by atomic mass is 16.2. The number of carbonyl (C=O) groups is 1. The molecule has 4 heteroatoms. The molecule has 1 amide bonds. The van der Waals surface area contributed by atoms with Crippen molar-refractivity contribution >= 4 is 5.91 Å². The van der Waals surface area contributed by atoms with Crippen molar-refractivity contribution < 1.29 is 4.79 Å². The van der Waals surface area contributed by atoms with Crippen LogP contribution in [0.4, 0.5) is 0 Å². The minimum absolute atomic E-state index is 0.229. The minimum Gasteiger partial charge on any atom is -0.342 e. The van der Waals surface area contributed by atoms with Crippen LogP contribution >= 0.6 is 0 Å². The summed E-state index contributed by atoms with van der Waals surface area (Å²) in [6, 6.07) is 0. The van der Waals surface area contributed by atoms with Crippen LogP contribution in [0.15, 0.2) is 12.4 Å². The third-order valence-corrected chi connectivity index (χ3v) is 3.45. The van der Waals surface area contributed by atoms with E-state index in [9.17, 15) is 4.79 Å². The summed E-state index contributed by atoms with van der Waals surface area (Å²) in [6.45, 7) is 8.64. The molecular formula is C14H23N3O. The Labute approximate surface area is 109 Å². The molecule has 1 N–H and O–H groups in total. The molecule has 1 aromatic rings. The number of aromatic nitrogens is 2. The highest BCUT2D eigenvalue weighted by Crippen LogP contribution is 2.30. The summed E-state index contributed by atoms with van der Waals surface area (Å²) in [7, 11) is 0. The summed E-state index contributed by atoms with van der Waals surface area (Å²) in [4.78, 5) is 14.1. The number of rotatable bonds is 3. The number of likely N-dealkylation sites (tertiary alicyclic amines) is 1. The fourth-order valence-corrected chi connectivity index (χ4v) is 2.75. The molecule has 0 aliphatic carbocycles. The fraction of sp³-hybridized carbons (Fsp3) is 0.714. The van der Waals surface area contributed by atoms with Crippen LogP contribution in [0, 0.1) is 11.3 Å². The molecule has 0 saturated carbocycles. The molecular weight excluding hydrogens is 226 g/mol. The first-order valence-electron chi connectivity index (χ1n) is 6.69. The molecule has 18 heavy (non-hydrogen) atoms. The normalized spacial score (nSPS) is 20.4. The van der Waals surface area contributed by atoms with Crippen LogP contribution in [0.25, 0.3) is 0 Å². The summed E-state index contributed by atoms with van der Waals surface area (Å²) in [5.41, 5.74) is 1.33. The molecule has 2 rings (SSSR count). The van der Waals surface area contributed by atoms with E-state index in [1.54, 1.807) is 12.4 Å². The zero-order valence-corrected chi connectivity index (χ0v) is 11.6. The predicted octanol–water partition coefficient (Wildman–Crippen LogP) is 2.24. The van der Waals surface area contributed by atoms with Gasteiger partial charge in [0.05, 0.1) is 12.6 Å². The van der Waals surface area contributed by atoms with Crippen molar-refractivity contribution in [3.05, 3.63) is 18.0 Å². The molecule has 4 nitrogen and oxygen atoms in total. The van der Waals surface area contributed by atoms with Crippen molar-refractivity contribution in [2.75, 3.05) is 13.1 Å². The lowest BCUT2D eigenvalue weighted by Gasteiger charge is -2.23. The van der Waals surface area contributed by atoms with Gasteiger partial charge in [0.25, 0.3) is 0 Å². The molecule has 100 valence electrons. The molecule has 0 aromatic carbocycles. The molecule has 0 radical (unpaired) electrons. The second-order valence-corrected chi connectivity index (χ2v) is 6.54. The first-order chi connectivity index (χ1) is 8.44. The van der Waals surface area contributed by atoms with Gasteiger partial charge in [0, 0.05) is 19.3 Å². The van der Waals surface area contributed by atoms with Gasteiger partial charge in [-0.25, -0.2) is 0 Å². The average Bonchev–Trinajstić information content (AvgIpc) is 2.86. The van der Waals surface area contributed by atoms with Crippen LogP contribution in [-0.4, -0.2) is 34.1 Å². The van der Waals surface area contributed by atoms with Gasteiger partial charge in [-0.15, -0.1) is 0 Å². The van der Waals surface area contributed by atoms with Crippen LogP contribution < -0.4 is 0 Å². The van der Waals surface area contributed by atoms with Gasteiger partial charge in [0.15, 0.2) is 0 Å². The van der Waals surface area contributed by atoms with E-state index in [2.05, 4.69) is 31.0 Å². The number of nitrogens with zero attached hydrogens (tertiary/aromatic N) is 2. The van der Waals surface area contributed by atoms with E-state index < -0.39 is 0 Å². The zero-order valence-electron chi connectivity index (χ0n) is 11.6. The Morgan fingerprint density at radius 2 is 2.33 bits per heavy atom. The Bertz CT molecular complexity index is 392. The Morgan fingerprint density at radius 3 is 2.94 bits per heavy atom. The molecule has 1 aliphatic heterocycles. The fourth-order valence-electron chi connectivity index (χ4n) is 2.75. The quantitative estimate of drug-likeness (QED) is 0.893. The average molecular weight is 249 g/mol. The lowest BCUT2D eigenvalue weighted by molar-refractivity contribution is -0.129. The number of hydrogen-bond donors (Lipinski definition) is 1. The Kier molecular flexibility index (Phi) is 3.73. The molecule has 1 aromatic heterocycles. The highest BCUT2D eigenvalue weighted by Gasteiger charge is 2.29. The maximum atomic E-state index is 12.1. The van der Waals surface area contributed by atoms with Crippen molar-refractivity contribution in [2.24, 2.45) is 11.3 Å². The minimum atomic E-state index is 0.229. The Hall–Kier alpha value is -1.32. The van der Waals surface area contributed by atoms with Crippen molar-refractivity contribution in [1.82, 2.24) is 15.1 Å². The lowest BCUT2D eigenvalue weighted by atomic mass is 9.84. The maximum absolute atomic E-state index is 12.1. The number of nitrogens with one attached hydrogen (secondary N) is 1. The van der Waals surface area contributed by atoms with E-state index in [4.69, 9.17) is 0 Å². The second-order valence-electron chi connectivity index (χ2n) is 6.54. The summed E-state index contributed by atoms with van der Waals surface area (Å²) in [5, 5.41) is 6.61. The van der Waals surface area contributed by atoms with Crippen molar-refractivity contribution in [1.29, 1.82) is 0 Å². The smallest absolute Gasteiger partial charge is 0.227 e. The summed E-state index contributed by atoms with van der Waals surface area (Å²) in [6.07, 6.45) is 6.33. The number of amides is 1. The van der Waals surface area contributed by atoms with E-state index in [-0.39, 0.29) is 5.91 Å². The van der Waals surface area contributed by atoms with Gasteiger partial charge in [0.1, 0.15) is 0 Å². The topological polar surface area (TPSA) is 49.0 Å². The molecule has 0 spiro atoms. The standard InChI is InChI=1S/C14H23N3O/c1-14(2,3)7-11-4-5-17(10-11)13(18)6-12-8-15-16-9-12/h8-9,11H,4-7,10H2,1-3H3,(H,15,16). The van der Waals surface area contributed by atoms with E-state index in [0.717, 1.165) is 25.1 Å². The number of carbonyl (C=O) groups excluding carboxylic acids is 1. The first-order valence-corrected chi connectivity index (χ1v) is 6.69. The number of H-pyrrole nitrogens is 1. The largest absolute Gasteiger partial charge is 0.342 e. The van der Waals surface area contributed by atoms with Gasteiger partial charge in [-0.05, 0) is 29.7 Å². The molecule has 0 bridgehead atoms. The van der Waals surface area contributed by atoms with E-state index in [0.29, 0.717) is 17.8 Å². The van der Waals surface area contributed by atoms with Crippen LogP contribution in [0.5, 0.6) is 0 Å². The lowest BCUT2D eigenvalue weighted by Crippen LogP contribution is -2.30. The van der Waals surface area contributed by atoms with Crippen molar-refractivity contribution in [2.45, 2.75) is 40.0 Å². The Morgan fingerprint density at radius 1 is 1.56 bits per heavy atom. The monoisotopic (exact) mass is 249 g/mol. The number of aromatic amines is 1. The van der Waals surface area contributed by atoms with Gasteiger partial charge in [-0.2, -0.15) is 5.10 Å². The third kappa shape index (κ3) is 3.59. The van der Waals surface area contributed by atoms with Crippen molar-refractivity contribution in [3.8, 4) is 0 Å². The number of hydrogen-bond acceptors (Lipinski definition) is 2. The van der Waals surface area contributed by atoms with Crippen LogP contribution in [0.3, 0.4) is 0 Å². The van der Waals surface area contributed by atoms with Gasteiger partial charge in [-0.1, -0.05) is 20.8 Å². The Balaban J connectivity index is 1.83. The molecule has 2 heterocycles. The van der Waals surface area contributed by atoms with Gasteiger partial charge in [0.2, 0.25) is 5.91 Å². The van der Waals surface area contributed by atoms with E-state index in [1.807, 2.05) is 4.90 Å². The SMILES string of the molecule is CC(C)(C)CC1CCN(C(=O)Cc2cn[nH]c2)C1.